The van der Waals surface area contributed by atoms with Crippen molar-refractivity contribution in [1.29, 1.82) is 0 Å². The van der Waals surface area contributed by atoms with E-state index in [1.165, 1.54) is 22.1 Å². The average Bonchev–Trinajstić information content (AvgIpc) is 3.13. The summed E-state index contributed by atoms with van der Waals surface area (Å²) >= 11 is 7.27. The fourth-order valence-electron chi connectivity index (χ4n) is 1.90. The normalized spacial score (nSPS) is 11.2. The third-order valence-corrected chi connectivity index (χ3v) is 4.28. The van der Waals surface area contributed by atoms with Gasteiger partial charge in [0.1, 0.15) is 16.2 Å². The first kappa shape index (κ1) is 15.3. The Morgan fingerprint density at radius 1 is 1.26 bits per heavy atom. The average molecular weight is 348 g/mol. The molecule has 116 valence electrons. The second-order valence-corrected chi connectivity index (χ2v) is 6.02. The van der Waals surface area contributed by atoms with Crippen LogP contribution in [0.5, 0.6) is 0 Å². The Morgan fingerprint density at radius 2 is 2.00 bits per heavy atom. The first-order valence-electron chi connectivity index (χ1n) is 6.48. The van der Waals surface area contributed by atoms with Gasteiger partial charge < -0.3 is 10.1 Å². The second-order valence-electron chi connectivity index (χ2n) is 4.58. The van der Waals surface area contributed by atoms with Crippen LogP contribution in [0.4, 0.5) is 5.82 Å². The summed E-state index contributed by atoms with van der Waals surface area (Å²) in [5.41, 5.74) is 0.930. The SMILES string of the molecule is Cn1c([N+](=O)[O-])cnc1C=Cc1nnc(-c2ccc(Cl)cc2)s1. The molecule has 0 unspecified atom stereocenters. The van der Waals surface area contributed by atoms with Gasteiger partial charge in [0.2, 0.25) is 5.82 Å². The van der Waals surface area contributed by atoms with E-state index in [9.17, 15) is 10.1 Å². The van der Waals surface area contributed by atoms with Crippen molar-refractivity contribution in [3.63, 3.8) is 0 Å². The summed E-state index contributed by atoms with van der Waals surface area (Å²) in [6.07, 6.45) is 4.61. The highest BCUT2D eigenvalue weighted by molar-refractivity contribution is 7.15. The summed E-state index contributed by atoms with van der Waals surface area (Å²) in [5, 5.41) is 21.1. The zero-order valence-corrected chi connectivity index (χ0v) is 13.5. The minimum Gasteiger partial charge on any atom is -0.358 e. The number of imidazole rings is 1. The van der Waals surface area contributed by atoms with Crippen molar-refractivity contribution in [2.24, 2.45) is 7.05 Å². The van der Waals surface area contributed by atoms with Gasteiger partial charge in [-0.2, -0.15) is 0 Å². The molecule has 0 spiro atoms. The minimum absolute atomic E-state index is 0.0660. The summed E-state index contributed by atoms with van der Waals surface area (Å²) in [6, 6.07) is 7.33. The molecule has 0 N–H and O–H groups in total. The molecule has 9 heteroatoms. The number of halogens is 1. The van der Waals surface area contributed by atoms with Gasteiger partial charge in [-0.3, -0.25) is 0 Å². The third kappa shape index (κ3) is 3.27. The van der Waals surface area contributed by atoms with Crippen molar-refractivity contribution >= 4 is 40.9 Å². The number of aromatic nitrogens is 4. The molecular weight excluding hydrogens is 338 g/mol. The lowest BCUT2D eigenvalue weighted by Gasteiger charge is -1.94. The van der Waals surface area contributed by atoms with Crippen molar-refractivity contribution in [1.82, 2.24) is 19.7 Å². The van der Waals surface area contributed by atoms with Crippen LogP contribution in [0.15, 0.2) is 30.5 Å². The first-order valence-corrected chi connectivity index (χ1v) is 7.67. The molecule has 0 amide bonds. The molecule has 0 radical (unpaired) electrons. The molecule has 3 aromatic rings. The van der Waals surface area contributed by atoms with Gasteiger partial charge >= 0.3 is 5.82 Å². The number of hydrogen-bond donors (Lipinski definition) is 0. The maximum atomic E-state index is 10.8. The highest BCUT2D eigenvalue weighted by Crippen LogP contribution is 2.25. The first-order chi connectivity index (χ1) is 11.0. The van der Waals surface area contributed by atoms with Crippen LogP contribution < -0.4 is 0 Å². The fraction of sp³-hybridized carbons (Fsp3) is 0.0714. The molecule has 2 aromatic heterocycles. The number of nitrogens with zero attached hydrogens (tertiary/aromatic N) is 5. The summed E-state index contributed by atoms with van der Waals surface area (Å²) in [6.45, 7) is 0. The molecule has 7 nitrogen and oxygen atoms in total. The van der Waals surface area contributed by atoms with Crippen LogP contribution in [0.3, 0.4) is 0 Å². The van der Waals surface area contributed by atoms with Crippen LogP contribution in [0.1, 0.15) is 10.8 Å². The fourth-order valence-corrected chi connectivity index (χ4v) is 2.77. The lowest BCUT2D eigenvalue weighted by molar-refractivity contribution is -0.391. The van der Waals surface area contributed by atoms with E-state index in [1.54, 1.807) is 31.3 Å². The molecule has 0 aliphatic carbocycles. The Balaban J connectivity index is 1.81. The molecule has 0 aliphatic rings. The van der Waals surface area contributed by atoms with Crippen molar-refractivity contribution in [2.75, 3.05) is 0 Å². The highest BCUT2D eigenvalue weighted by Gasteiger charge is 2.14. The summed E-state index contributed by atoms with van der Waals surface area (Å²) in [7, 11) is 1.59. The Kier molecular flexibility index (Phi) is 4.18. The van der Waals surface area contributed by atoms with E-state index in [0.29, 0.717) is 15.9 Å². The molecule has 3 rings (SSSR count). The molecule has 0 saturated heterocycles. The van der Waals surface area contributed by atoms with Crippen LogP contribution in [0.25, 0.3) is 22.7 Å². The zero-order valence-electron chi connectivity index (χ0n) is 11.9. The highest BCUT2D eigenvalue weighted by atomic mass is 35.5. The number of rotatable bonds is 4. The molecule has 0 fully saturated rings. The molecular formula is C14H10ClN5O2S. The largest absolute Gasteiger partial charge is 0.358 e. The molecule has 23 heavy (non-hydrogen) atoms. The number of benzene rings is 1. The van der Waals surface area contributed by atoms with E-state index in [4.69, 9.17) is 11.6 Å². The monoisotopic (exact) mass is 347 g/mol. The number of nitro groups is 1. The maximum Gasteiger partial charge on any atom is 0.342 e. The molecule has 0 bridgehead atoms. The van der Waals surface area contributed by atoms with E-state index >= 15 is 0 Å². The van der Waals surface area contributed by atoms with Crippen molar-refractivity contribution in [3.8, 4) is 10.6 Å². The van der Waals surface area contributed by atoms with E-state index in [1.807, 2.05) is 12.1 Å². The van der Waals surface area contributed by atoms with E-state index in [0.717, 1.165) is 10.6 Å². The maximum absolute atomic E-state index is 10.8. The summed E-state index contributed by atoms with van der Waals surface area (Å²) in [4.78, 5) is 14.3. The Labute approximate surface area is 140 Å². The van der Waals surface area contributed by atoms with Crippen LogP contribution in [0, 0.1) is 10.1 Å². The number of hydrogen-bond acceptors (Lipinski definition) is 6. The van der Waals surface area contributed by atoms with Gasteiger partial charge in [-0.1, -0.05) is 35.1 Å². The third-order valence-electron chi connectivity index (χ3n) is 3.09. The predicted octanol–water partition coefficient (Wildman–Crippen LogP) is 3.67. The van der Waals surface area contributed by atoms with Crippen molar-refractivity contribution < 1.29 is 4.92 Å². The smallest absolute Gasteiger partial charge is 0.342 e. The van der Waals surface area contributed by atoms with Gasteiger partial charge in [0.25, 0.3) is 0 Å². The van der Waals surface area contributed by atoms with E-state index in [-0.39, 0.29) is 5.82 Å². The van der Waals surface area contributed by atoms with Crippen LogP contribution in [-0.2, 0) is 7.05 Å². The molecule has 0 atom stereocenters. The quantitative estimate of drug-likeness (QED) is 0.530. The van der Waals surface area contributed by atoms with Gasteiger partial charge in [-0.05, 0) is 23.1 Å². The van der Waals surface area contributed by atoms with Crippen LogP contribution >= 0.6 is 22.9 Å². The molecule has 0 saturated carbocycles. The summed E-state index contributed by atoms with van der Waals surface area (Å²) in [5.74, 6) is 0.406. The summed E-state index contributed by atoms with van der Waals surface area (Å²) < 4.78 is 1.40. The lowest BCUT2D eigenvalue weighted by atomic mass is 10.2. The van der Waals surface area contributed by atoms with Gasteiger partial charge in [0, 0.05) is 16.7 Å². The van der Waals surface area contributed by atoms with Crippen molar-refractivity contribution in [3.05, 3.63) is 56.4 Å². The second kappa shape index (κ2) is 6.27. The Morgan fingerprint density at radius 3 is 2.65 bits per heavy atom. The van der Waals surface area contributed by atoms with E-state index in [2.05, 4.69) is 15.2 Å². The Bertz CT molecular complexity index is 885. The van der Waals surface area contributed by atoms with Gasteiger partial charge in [0.15, 0.2) is 0 Å². The molecule has 2 heterocycles. The van der Waals surface area contributed by atoms with Gasteiger partial charge in [-0.25, -0.2) is 9.55 Å². The lowest BCUT2D eigenvalue weighted by Crippen LogP contribution is -1.98. The van der Waals surface area contributed by atoms with Gasteiger partial charge in [-0.15, -0.1) is 10.2 Å². The molecule has 0 aliphatic heterocycles. The topological polar surface area (TPSA) is 86.7 Å². The van der Waals surface area contributed by atoms with Crippen LogP contribution in [-0.4, -0.2) is 24.7 Å². The Hall–Kier alpha value is -2.58. The predicted molar refractivity (Wildman–Crippen MR) is 89.1 cm³/mol. The van der Waals surface area contributed by atoms with Gasteiger partial charge in [0.05, 0.1) is 7.05 Å². The molecule has 1 aromatic carbocycles. The van der Waals surface area contributed by atoms with Crippen molar-refractivity contribution in [2.45, 2.75) is 0 Å². The zero-order chi connectivity index (χ0) is 16.4. The van der Waals surface area contributed by atoms with E-state index < -0.39 is 4.92 Å². The standard InChI is InChI=1S/C14H10ClN5O2S/c1-19-11(16-8-13(19)20(21)22)6-7-12-17-18-14(23-12)9-2-4-10(15)5-3-9/h2-8H,1H3. The minimum atomic E-state index is -0.478. The van der Waals surface area contributed by atoms with Crippen LogP contribution in [0.2, 0.25) is 5.02 Å².